The molecule has 0 aromatic heterocycles. The van der Waals surface area contributed by atoms with Gasteiger partial charge in [-0.1, -0.05) is 25.3 Å². The molecule has 1 aromatic rings. The van der Waals surface area contributed by atoms with Gasteiger partial charge in [-0.15, -0.1) is 0 Å². The van der Waals surface area contributed by atoms with Crippen LogP contribution in [0.25, 0.3) is 0 Å². The smallest absolute Gasteiger partial charge is 0.0821 e. The highest BCUT2D eigenvalue weighted by molar-refractivity contribution is 5.66. The van der Waals surface area contributed by atoms with Gasteiger partial charge in [0.1, 0.15) is 0 Å². The Balaban J connectivity index is 1.82. The number of nitrogens with two attached hydrogens (primary N) is 1. The molecule has 1 aliphatic heterocycles. The van der Waals surface area contributed by atoms with Crippen molar-refractivity contribution in [2.24, 2.45) is 0 Å². The Morgan fingerprint density at radius 2 is 1.95 bits per heavy atom. The van der Waals surface area contributed by atoms with E-state index in [1.165, 1.54) is 17.7 Å². The standard InChI is InChI=1S/C16H24N2O/c17-14-7-4-8-15-13(14)6-5-11-18(15)12-16(19)9-2-1-3-10-16/h4,7-8,19H,1-3,5-6,9-12,17H2. The van der Waals surface area contributed by atoms with Crippen LogP contribution in [0.2, 0.25) is 0 Å². The molecule has 2 aliphatic rings. The molecular weight excluding hydrogens is 236 g/mol. The van der Waals surface area contributed by atoms with Crippen molar-refractivity contribution in [3.8, 4) is 0 Å². The van der Waals surface area contributed by atoms with Crippen molar-refractivity contribution in [3.05, 3.63) is 23.8 Å². The van der Waals surface area contributed by atoms with Gasteiger partial charge >= 0.3 is 0 Å². The molecule has 104 valence electrons. The Morgan fingerprint density at radius 3 is 2.74 bits per heavy atom. The first kappa shape index (κ1) is 12.8. The minimum absolute atomic E-state index is 0.489. The van der Waals surface area contributed by atoms with E-state index in [1.54, 1.807) is 0 Å². The van der Waals surface area contributed by atoms with Crippen LogP contribution in [0.3, 0.4) is 0 Å². The van der Waals surface area contributed by atoms with Crippen molar-refractivity contribution in [1.82, 2.24) is 0 Å². The highest BCUT2D eigenvalue weighted by Gasteiger charge is 2.32. The number of aliphatic hydroxyl groups is 1. The molecule has 1 aliphatic carbocycles. The molecule has 0 atom stereocenters. The lowest BCUT2D eigenvalue weighted by molar-refractivity contribution is 0.0108. The highest BCUT2D eigenvalue weighted by atomic mass is 16.3. The van der Waals surface area contributed by atoms with E-state index in [4.69, 9.17) is 5.73 Å². The van der Waals surface area contributed by atoms with Crippen molar-refractivity contribution in [2.45, 2.75) is 50.5 Å². The lowest BCUT2D eigenvalue weighted by atomic mass is 9.84. The molecular formula is C16H24N2O. The Hall–Kier alpha value is -1.22. The Kier molecular flexibility index (Phi) is 3.40. The number of hydrogen-bond donors (Lipinski definition) is 2. The van der Waals surface area contributed by atoms with E-state index < -0.39 is 5.60 Å². The summed E-state index contributed by atoms with van der Waals surface area (Å²) in [5.41, 5.74) is 9.01. The summed E-state index contributed by atoms with van der Waals surface area (Å²) < 4.78 is 0. The first-order valence-electron chi connectivity index (χ1n) is 7.53. The van der Waals surface area contributed by atoms with Crippen molar-refractivity contribution in [2.75, 3.05) is 23.7 Å². The topological polar surface area (TPSA) is 49.5 Å². The van der Waals surface area contributed by atoms with E-state index in [0.29, 0.717) is 0 Å². The van der Waals surface area contributed by atoms with Gasteiger partial charge in [-0.25, -0.2) is 0 Å². The van der Waals surface area contributed by atoms with Gasteiger partial charge in [0.05, 0.1) is 5.60 Å². The molecule has 1 heterocycles. The molecule has 1 fully saturated rings. The molecule has 19 heavy (non-hydrogen) atoms. The fourth-order valence-corrected chi connectivity index (χ4v) is 3.62. The maximum absolute atomic E-state index is 10.7. The van der Waals surface area contributed by atoms with E-state index in [1.807, 2.05) is 12.1 Å². The first-order valence-corrected chi connectivity index (χ1v) is 7.53. The summed E-state index contributed by atoms with van der Waals surface area (Å²) in [5.74, 6) is 0. The Bertz CT molecular complexity index is 452. The predicted molar refractivity (Wildman–Crippen MR) is 79.4 cm³/mol. The number of anilines is 2. The second-order valence-corrected chi connectivity index (χ2v) is 6.16. The molecule has 0 radical (unpaired) electrons. The molecule has 0 bridgehead atoms. The quantitative estimate of drug-likeness (QED) is 0.804. The maximum Gasteiger partial charge on any atom is 0.0821 e. The average Bonchev–Trinajstić information content (AvgIpc) is 2.40. The van der Waals surface area contributed by atoms with E-state index in [-0.39, 0.29) is 0 Å². The molecule has 1 aromatic carbocycles. The van der Waals surface area contributed by atoms with Crippen LogP contribution >= 0.6 is 0 Å². The number of hydrogen-bond acceptors (Lipinski definition) is 3. The van der Waals surface area contributed by atoms with Gasteiger partial charge in [0, 0.05) is 24.5 Å². The fourth-order valence-electron chi connectivity index (χ4n) is 3.62. The number of fused-ring (bicyclic) bond motifs is 1. The molecule has 3 nitrogen and oxygen atoms in total. The normalized spacial score (nSPS) is 22.1. The summed E-state index contributed by atoms with van der Waals surface area (Å²) in [5, 5.41) is 10.7. The Labute approximate surface area is 115 Å². The summed E-state index contributed by atoms with van der Waals surface area (Å²) in [6, 6.07) is 6.16. The third-order valence-electron chi connectivity index (χ3n) is 4.65. The van der Waals surface area contributed by atoms with Crippen LogP contribution in [-0.4, -0.2) is 23.8 Å². The van der Waals surface area contributed by atoms with Crippen LogP contribution in [0, 0.1) is 0 Å². The van der Waals surface area contributed by atoms with Crippen LogP contribution in [-0.2, 0) is 6.42 Å². The zero-order valence-electron chi connectivity index (χ0n) is 11.6. The minimum atomic E-state index is -0.489. The third kappa shape index (κ3) is 2.57. The van der Waals surface area contributed by atoms with Crippen molar-refractivity contribution < 1.29 is 5.11 Å². The van der Waals surface area contributed by atoms with E-state index in [9.17, 15) is 5.11 Å². The second-order valence-electron chi connectivity index (χ2n) is 6.16. The third-order valence-corrected chi connectivity index (χ3v) is 4.65. The molecule has 0 amide bonds. The van der Waals surface area contributed by atoms with Gasteiger partial charge in [-0.05, 0) is 43.4 Å². The molecule has 3 heteroatoms. The molecule has 3 N–H and O–H groups in total. The lowest BCUT2D eigenvalue weighted by Gasteiger charge is -2.40. The lowest BCUT2D eigenvalue weighted by Crippen LogP contribution is -2.46. The number of nitrogen functional groups attached to an aromatic ring is 1. The van der Waals surface area contributed by atoms with Gasteiger partial charge in [0.2, 0.25) is 0 Å². The summed E-state index contributed by atoms with van der Waals surface area (Å²) >= 11 is 0. The minimum Gasteiger partial charge on any atom is -0.398 e. The first-order chi connectivity index (χ1) is 9.18. The van der Waals surface area contributed by atoms with Gasteiger partial charge < -0.3 is 15.7 Å². The molecule has 3 rings (SSSR count). The molecule has 0 saturated heterocycles. The Morgan fingerprint density at radius 1 is 1.16 bits per heavy atom. The number of rotatable bonds is 2. The van der Waals surface area contributed by atoms with E-state index in [2.05, 4.69) is 11.0 Å². The molecule has 0 unspecified atom stereocenters. The number of β-amino-alcohol motifs (C(OH)–C–C–N with tert-alkyl or cyclic N) is 1. The second kappa shape index (κ2) is 5.04. The summed E-state index contributed by atoms with van der Waals surface area (Å²) in [4.78, 5) is 2.35. The van der Waals surface area contributed by atoms with Gasteiger partial charge in [0.15, 0.2) is 0 Å². The average molecular weight is 260 g/mol. The van der Waals surface area contributed by atoms with Crippen molar-refractivity contribution in [1.29, 1.82) is 0 Å². The zero-order chi connectivity index (χ0) is 13.3. The number of nitrogens with zero attached hydrogens (tertiary/aromatic N) is 1. The summed E-state index contributed by atoms with van der Waals surface area (Å²) in [6.45, 7) is 1.81. The fraction of sp³-hybridized carbons (Fsp3) is 0.625. The van der Waals surface area contributed by atoms with Crippen molar-refractivity contribution in [3.63, 3.8) is 0 Å². The SMILES string of the molecule is Nc1cccc2c1CCCN2CC1(O)CCCCC1. The maximum atomic E-state index is 10.7. The predicted octanol–water partition coefficient (Wildman–Crippen LogP) is 2.72. The molecule has 1 saturated carbocycles. The largest absolute Gasteiger partial charge is 0.398 e. The van der Waals surface area contributed by atoms with Gasteiger partial charge in [-0.3, -0.25) is 0 Å². The zero-order valence-corrected chi connectivity index (χ0v) is 11.6. The van der Waals surface area contributed by atoms with Crippen molar-refractivity contribution >= 4 is 11.4 Å². The van der Waals surface area contributed by atoms with Crippen LogP contribution in [0.4, 0.5) is 11.4 Å². The van der Waals surface area contributed by atoms with Crippen LogP contribution < -0.4 is 10.6 Å². The van der Waals surface area contributed by atoms with Gasteiger partial charge in [-0.2, -0.15) is 0 Å². The van der Waals surface area contributed by atoms with E-state index >= 15 is 0 Å². The summed E-state index contributed by atoms with van der Waals surface area (Å²) in [6.07, 6.45) is 7.69. The molecule has 0 spiro atoms. The summed E-state index contributed by atoms with van der Waals surface area (Å²) in [7, 11) is 0. The number of benzene rings is 1. The van der Waals surface area contributed by atoms with Crippen LogP contribution in [0.5, 0.6) is 0 Å². The van der Waals surface area contributed by atoms with E-state index in [0.717, 1.165) is 57.3 Å². The monoisotopic (exact) mass is 260 g/mol. The van der Waals surface area contributed by atoms with Gasteiger partial charge in [0.25, 0.3) is 0 Å². The van der Waals surface area contributed by atoms with Crippen LogP contribution in [0.1, 0.15) is 44.1 Å². The van der Waals surface area contributed by atoms with Crippen LogP contribution in [0.15, 0.2) is 18.2 Å². The highest BCUT2D eigenvalue weighted by Crippen LogP contribution is 2.35.